The molecule has 7 heteroatoms. The summed E-state index contributed by atoms with van der Waals surface area (Å²) in [5.41, 5.74) is 2.91. The number of nitro groups is 1. The van der Waals surface area contributed by atoms with Crippen molar-refractivity contribution >= 4 is 23.3 Å². The number of nitrogens with one attached hydrogen (secondary N) is 1. The normalized spacial score (nSPS) is 10.3. The third kappa shape index (κ3) is 4.44. The van der Waals surface area contributed by atoms with Gasteiger partial charge in [0.25, 0.3) is 11.6 Å². The number of hydrogen-bond donors (Lipinski definition) is 1. The Kier molecular flexibility index (Phi) is 6.06. The second-order valence-electron chi connectivity index (χ2n) is 5.85. The first kappa shape index (κ1) is 19.1. The molecule has 1 amide bonds. The van der Waals surface area contributed by atoms with E-state index in [1.807, 2.05) is 32.0 Å². The SMILES string of the molecule is CCc1cccc(C)c1NC(=O)COC(=O)c1ccc(C)c([N+](=O)[O-])c1. The Labute approximate surface area is 151 Å². The van der Waals surface area contributed by atoms with Crippen LogP contribution in [0.15, 0.2) is 36.4 Å². The van der Waals surface area contributed by atoms with Crippen molar-refractivity contribution < 1.29 is 19.2 Å². The van der Waals surface area contributed by atoms with E-state index in [2.05, 4.69) is 5.32 Å². The quantitative estimate of drug-likeness (QED) is 0.485. The molecule has 0 aliphatic carbocycles. The molecule has 0 saturated heterocycles. The summed E-state index contributed by atoms with van der Waals surface area (Å²) in [6, 6.07) is 9.75. The third-order valence-electron chi connectivity index (χ3n) is 3.98. The zero-order chi connectivity index (χ0) is 19.3. The Morgan fingerprint density at radius 2 is 1.88 bits per heavy atom. The zero-order valence-electron chi connectivity index (χ0n) is 14.9. The highest BCUT2D eigenvalue weighted by Gasteiger charge is 2.17. The lowest BCUT2D eigenvalue weighted by atomic mass is 10.1. The summed E-state index contributed by atoms with van der Waals surface area (Å²) >= 11 is 0. The molecule has 0 fully saturated rings. The number of hydrogen-bond acceptors (Lipinski definition) is 5. The molecule has 136 valence electrons. The molecule has 1 N–H and O–H groups in total. The molecule has 0 radical (unpaired) electrons. The van der Waals surface area contributed by atoms with Gasteiger partial charge in [-0.15, -0.1) is 0 Å². The van der Waals surface area contributed by atoms with Crippen LogP contribution in [0.25, 0.3) is 0 Å². The van der Waals surface area contributed by atoms with Crippen molar-refractivity contribution in [1.29, 1.82) is 0 Å². The topological polar surface area (TPSA) is 98.5 Å². The second kappa shape index (κ2) is 8.24. The molecule has 0 aromatic heterocycles. The van der Waals surface area contributed by atoms with Crippen molar-refractivity contribution in [2.45, 2.75) is 27.2 Å². The van der Waals surface area contributed by atoms with Crippen LogP contribution in [0.5, 0.6) is 0 Å². The molecule has 0 unspecified atom stereocenters. The first-order chi connectivity index (χ1) is 12.3. The van der Waals surface area contributed by atoms with Crippen molar-refractivity contribution in [3.63, 3.8) is 0 Å². The van der Waals surface area contributed by atoms with Gasteiger partial charge in [0, 0.05) is 17.3 Å². The molecule has 0 heterocycles. The van der Waals surface area contributed by atoms with Gasteiger partial charge in [-0.25, -0.2) is 4.79 Å². The zero-order valence-corrected chi connectivity index (χ0v) is 14.9. The molecular weight excluding hydrogens is 336 g/mol. The van der Waals surface area contributed by atoms with E-state index in [1.54, 1.807) is 6.92 Å². The standard InChI is InChI=1S/C19H20N2O5/c1-4-14-7-5-6-13(3)18(14)20-17(22)11-26-19(23)15-9-8-12(2)16(10-15)21(24)25/h5-10H,4,11H2,1-3H3,(H,20,22). The van der Waals surface area contributed by atoms with Gasteiger partial charge in [-0.3, -0.25) is 14.9 Å². The fourth-order valence-corrected chi connectivity index (χ4v) is 2.53. The number of carbonyl (C=O) groups is 2. The van der Waals surface area contributed by atoms with Crippen LogP contribution in [0.4, 0.5) is 11.4 Å². The van der Waals surface area contributed by atoms with E-state index in [4.69, 9.17) is 4.74 Å². The van der Waals surface area contributed by atoms with Gasteiger partial charge in [0.05, 0.1) is 10.5 Å². The lowest BCUT2D eigenvalue weighted by molar-refractivity contribution is -0.385. The molecule has 2 aromatic rings. The van der Waals surface area contributed by atoms with E-state index in [0.29, 0.717) is 11.3 Å². The van der Waals surface area contributed by atoms with Crippen LogP contribution in [-0.4, -0.2) is 23.4 Å². The molecule has 26 heavy (non-hydrogen) atoms. The summed E-state index contributed by atoms with van der Waals surface area (Å²) in [5.74, 6) is -1.26. The van der Waals surface area contributed by atoms with Gasteiger partial charge in [-0.05, 0) is 37.5 Å². The van der Waals surface area contributed by atoms with E-state index in [0.717, 1.165) is 23.6 Å². The number of esters is 1. The minimum Gasteiger partial charge on any atom is -0.452 e. The number of benzene rings is 2. The Balaban J connectivity index is 2.03. The minimum atomic E-state index is -0.788. The average Bonchev–Trinajstić information content (AvgIpc) is 2.61. The molecule has 2 aromatic carbocycles. The van der Waals surface area contributed by atoms with Crippen molar-refractivity contribution in [1.82, 2.24) is 0 Å². The van der Waals surface area contributed by atoms with Crippen LogP contribution in [0.3, 0.4) is 0 Å². The van der Waals surface area contributed by atoms with Gasteiger partial charge >= 0.3 is 5.97 Å². The van der Waals surface area contributed by atoms with Crippen LogP contribution < -0.4 is 5.32 Å². The van der Waals surface area contributed by atoms with Crippen LogP contribution in [0.2, 0.25) is 0 Å². The van der Waals surface area contributed by atoms with Gasteiger partial charge < -0.3 is 10.1 Å². The molecule has 0 spiro atoms. The molecule has 0 saturated carbocycles. The third-order valence-corrected chi connectivity index (χ3v) is 3.98. The average molecular weight is 356 g/mol. The number of para-hydroxylation sites is 1. The molecule has 0 atom stereocenters. The molecule has 0 aliphatic heterocycles. The molecule has 0 aliphatic rings. The summed E-state index contributed by atoms with van der Waals surface area (Å²) in [6.07, 6.45) is 0.754. The number of anilines is 1. The monoisotopic (exact) mass is 356 g/mol. The first-order valence-electron chi connectivity index (χ1n) is 8.14. The predicted molar refractivity (Wildman–Crippen MR) is 97.3 cm³/mol. The summed E-state index contributed by atoms with van der Waals surface area (Å²) in [6.45, 7) is 4.97. The Morgan fingerprint density at radius 3 is 2.54 bits per heavy atom. The molecule has 0 bridgehead atoms. The maximum absolute atomic E-state index is 12.1. The Morgan fingerprint density at radius 1 is 1.15 bits per heavy atom. The summed E-state index contributed by atoms with van der Waals surface area (Å²) < 4.78 is 4.98. The largest absolute Gasteiger partial charge is 0.452 e. The maximum atomic E-state index is 12.1. The van der Waals surface area contributed by atoms with Crippen molar-refractivity contribution in [2.24, 2.45) is 0 Å². The number of nitro benzene ring substituents is 1. The number of rotatable bonds is 6. The fraction of sp³-hybridized carbons (Fsp3) is 0.263. The van der Waals surface area contributed by atoms with Crippen molar-refractivity contribution in [2.75, 3.05) is 11.9 Å². The summed E-state index contributed by atoms with van der Waals surface area (Å²) in [7, 11) is 0. The molecule has 2 rings (SSSR count). The minimum absolute atomic E-state index is 0.0280. The van der Waals surface area contributed by atoms with E-state index in [-0.39, 0.29) is 11.3 Å². The van der Waals surface area contributed by atoms with Gasteiger partial charge in [-0.1, -0.05) is 31.2 Å². The lowest BCUT2D eigenvalue weighted by Gasteiger charge is -2.13. The van der Waals surface area contributed by atoms with Crippen LogP contribution >= 0.6 is 0 Å². The van der Waals surface area contributed by atoms with Gasteiger partial charge in [0.1, 0.15) is 0 Å². The van der Waals surface area contributed by atoms with E-state index >= 15 is 0 Å². The lowest BCUT2D eigenvalue weighted by Crippen LogP contribution is -2.22. The Hall–Kier alpha value is -3.22. The molecular formula is C19H20N2O5. The van der Waals surface area contributed by atoms with E-state index in [1.165, 1.54) is 12.1 Å². The van der Waals surface area contributed by atoms with E-state index in [9.17, 15) is 19.7 Å². The van der Waals surface area contributed by atoms with Crippen LogP contribution in [0.1, 0.15) is 34.0 Å². The maximum Gasteiger partial charge on any atom is 0.338 e. The predicted octanol–water partition coefficient (Wildman–Crippen LogP) is 3.57. The number of ether oxygens (including phenoxy) is 1. The van der Waals surface area contributed by atoms with Crippen molar-refractivity contribution in [3.05, 3.63) is 68.8 Å². The van der Waals surface area contributed by atoms with Crippen LogP contribution in [0, 0.1) is 24.0 Å². The van der Waals surface area contributed by atoms with Gasteiger partial charge in [-0.2, -0.15) is 0 Å². The highest BCUT2D eigenvalue weighted by molar-refractivity contribution is 5.96. The van der Waals surface area contributed by atoms with Gasteiger partial charge in [0.15, 0.2) is 6.61 Å². The fourth-order valence-electron chi connectivity index (χ4n) is 2.53. The second-order valence-corrected chi connectivity index (χ2v) is 5.85. The van der Waals surface area contributed by atoms with Gasteiger partial charge in [0.2, 0.25) is 0 Å². The highest BCUT2D eigenvalue weighted by Crippen LogP contribution is 2.21. The van der Waals surface area contributed by atoms with E-state index < -0.39 is 23.4 Å². The number of carbonyl (C=O) groups excluding carboxylic acids is 2. The Bertz CT molecular complexity index is 861. The molecule has 7 nitrogen and oxygen atoms in total. The van der Waals surface area contributed by atoms with Crippen molar-refractivity contribution in [3.8, 4) is 0 Å². The smallest absolute Gasteiger partial charge is 0.338 e. The summed E-state index contributed by atoms with van der Waals surface area (Å²) in [5, 5.41) is 13.7. The number of aryl methyl sites for hydroxylation is 3. The highest BCUT2D eigenvalue weighted by atomic mass is 16.6. The van der Waals surface area contributed by atoms with Crippen LogP contribution in [-0.2, 0) is 16.0 Å². The first-order valence-corrected chi connectivity index (χ1v) is 8.14. The summed E-state index contributed by atoms with van der Waals surface area (Å²) in [4.78, 5) is 34.5. The number of nitrogens with zero attached hydrogens (tertiary/aromatic N) is 1. The number of amides is 1.